The van der Waals surface area contributed by atoms with Gasteiger partial charge in [-0.3, -0.25) is 4.79 Å². The van der Waals surface area contributed by atoms with Crippen LogP contribution in [0.15, 0.2) is 16.7 Å². The van der Waals surface area contributed by atoms with Crippen molar-refractivity contribution in [2.75, 3.05) is 18.9 Å². The minimum absolute atomic E-state index is 0.183. The van der Waals surface area contributed by atoms with Gasteiger partial charge >= 0.3 is 0 Å². The third-order valence-electron chi connectivity index (χ3n) is 2.52. The molecule has 0 aliphatic heterocycles. The monoisotopic (exact) mass is 295 g/mol. The van der Waals surface area contributed by atoms with Crippen molar-refractivity contribution in [3.05, 3.63) is 34.6 Å². The Morgan fingerprint density at radius 1 is 1.40 bits per heavy atom. The van der Waals surface area contributed by atoms with E-state index in [-0.39, 0.29) is 11.6 Å². The highest BCUT2D eigenvalue weighted by Gasteiger charge is 2.13. The van der Waals surface area contributed by atoms with Crippen molar-refractivity contribution in [1.82, 2.24) is 20.4 Å². The number of rotatable bonds is 5. The molecule has 106 valence electrons. The van der Waals surface area contributed by atoms with Gasteiger partial charge in [-0.2, -0.15) is 4.98 Å². The Hall–Kier alpha value is -2.15. The molecule has 0 saturated carbocycles. The van der Waals surface area contributed by atoms with Crippen LogP contribution in [0.4, 0.5) is 5.82 Å². The molecule has 20 heavy (non-hydrogen) atoms. The summed E-state index contributed by atoms with van der Waals surface area (Å²) in [6.07, 6.45) is 0.479. The van der Waals surface area contributed by atoms with E-state index in [0.717, 1.165) is 0 Å². The summed E-state index contributed by atoms with van der Waals surface area (Å²) in [5.41, 5.74) is 0.183. The van der Waals surface area contributed by atoms with Crippen LogP contribution in [0.25, 0.3) is 0 Å². The maximum absolute atomic E-state index is 12.0. The third kappa shape index (κ3) is 3.45. The third-order valence-corrected chi connectivity index (χ3v) is 2.83. The second-order valence-corrected chi connectivity index (χ2v) is 4.42. The smallest absolute Gasteiger partial charge is 0.271 e. The van der Waals surface area contributed by atoms with Crippen molar-refractivity contribution in [2.45, 2.75) is 13.3 Å². The molecule has 0 aromatic carbocycles. The Morgan fingerprint density at radius 3 is 2.85 bits per heavy atom. The van der Waals surface area contributed by atoms with Gasteiger partial charge in [0.1, 0.15) is 11.5 Å². The summed E-state index contributed by atoms with van der Waals surface area (Å²) < 4.78 is 4.84. The zero-order valence-corrected chi connectivity index (χ0v) is 11.9. The highest BCUT2D eigenvalue weighted by molar-refractivity contribution is 6.33. The Kier molecular flexibility index (Phi) is 4.52. The molecular weight excluding hydrogens is 282 g/mol. The fraction of sp³-hybridized carbons (Fsp3) is 0.333. The fourth-order valence-corrected chi connectivity index (χ4v) is 1.75. The number of hydrogen-bond donors (Lipinski definition) is 2. The number of aryl methyl sites for hydroxylation is 1. The zero-order chi connectivity index (χ0) is 14.5. The van der Waals surface area contributed by atoms with E-state index in [2.05, 4.69) is 25.8 Å². The van der Waals surface area contributed by atoms with Crippen LogP contribution in [0.3, 0.4) is 0 Å². The van der Waals surface area contributed by atoms with Crippen LogP contribution in [0, 0.1) is 6.92 Å². The van der Waals surface area contributed by atoms with Crippen LogP contribution in [0.2, 0.25) is 5.02 Å². The maximum atomic E-state index is 12.0. The lowest BCUT2D eigenvalue weighted by molar-refractivity contribution is 0.0949. The van der Waals surface area contributed by atoms with Crippen molar-refractivity contribution in [3.8, 4) is 0 Å². The molecule has 2 rings (SSSR count). The highest BCUT2D eigenvalue weighted by atomic mass is 35.5. The van der Waals surface area contributed by atoms with E-state index in [1.54, 1.807) is 26.1 Å². The van der Waals surface area contributed by atoms with Gasteiger partial charge in [-0.15, -0.1) is 0 Å². The van der Waals surface area contributed by atoms with Gasteiger partial charge in [0.05, 0.1) is 5.02 Å². The molecule has 2 heterocycles. The Labute approximate surface area is 120 Å². The molecule has 0 aliphatic rings. The molecule has 8 heteroatoms. The second kappa shape index (κ2) is 6.33. The predicted octanol–water partition coefficient (Wildman–Crippen LogP) is 1.44. The molecule has 0 unspecified atom stereocenters. The second-order valence-electron chi connectivity index (χ2n) is 4.01. The molecule has 0 radical (unpaired) electrons. The first-order valence-corrected chi connectivity index (χ1v) is 6.39. The van der Waals surface area contributed by atoms with E-state index in [1.165, 1.54) is 0 Å². The largest absolute Gasteiger partial charge is 0.373 e. The lowest BCUT2D eigenvalue weighted by Crippen LogP contribution is -2.27. The fourth-order valence-electron chi connectivity index (χ4n) is 1.56. The first-order chi connectivity index (χ1) is 9.60. The SMILES string of the molecule is CNc1ccc(Cl)c(C(=O)NCCc2noc(C)n2)n1. The topological polar surface area (TPSA) is 92.9 Å². The van der Waals surface area contributed by atoms with Gasteiger partial charge in [0.15, 0.2) is 5.82 Å². The number of aromatic nitrogens is 3. The number of carbonyl (C=O) groups is 1. The van der Waals surface area contributed by atoms with Crippen LogP contribution < -0.4 is 10.6 Å². The summed E-state index contributed by atoms with van der Waals surface area (Å²) >= 11 is 5.96. The van der Waals surface area contributed by atoms with Crippen molar-refractivity contribution < 1.29 is 9.32 Å². The normalized spacial score (nSPS) is 10.3. The number of amides is 1. The molecule has 2 aromatic rings. The number of nitrogens with one attached hydrogen (secondary N) is 2. The minimum Gasteiger partial charge on any atom is -0.373 e. The van der Waals surface area contributed by atoms with E-state index < -0.39 is 0 Å². The zero-order valence-electron chi connectivity index (χ0n) is 11.1. The van der Waals surface area contributed by atoms with Crippen molar-refractivity contribution in [3.63, 3.8) is 0 Å². The summed E-state index contributed by atoms with van der Waals surface area (Å²) in [5, 5.41) is 9.61. The summed E-state index contributed by atoms with van der Waals surface area (Å²) in [4.78, 5) is 20.1. The Bertz CT molecular complexity index is 614. The van der Waals surface area contributed by atoms with Crippen LogP contribution >= 0.6 is 11.6 Å². The summed E-state index contributed by atoms with van der Waals surface area (Å²) in [6, 6.07) is 3.32. The number of nitrogens with zero attached hydrogens (tertiary/aromatic N) is 3. The average Bonchev–Trinajstić information content (AvgIpc) is 2.85. The lowest BCUT2D eigenvalue weighted by Gasteiger charge is -2.06. The van der Waals surface area contributed by atoms with Gasteiger partial charge in [-0.05, 0) is 12.1 Å². The molecule has 0 fully saturated rings. The lowest BCUT2D eigenvalue weighted by atomic mass is 10.3. The van der Waals surface area contributed by atoms with Crippen molar-refractivity contribution in [1.29, 1.82) is 0 Å². The molecular formula is C12H14ClN5O2. The Balaban J connectivity index is 1.94. The standard InChI is InChI=1S/C12H14ClN5O2/c1-7-16-10(18-20-7)5-6-15-12(19)11-8(13)3-4-9(14-2)17-11/h3-4H,5-6H2,1-2H3,(H,14,17)(H,15,19). The van der Waals surface area contributed by atoms with Crippen LogP contribution in [0.1, 0.15) is 22.2 Å². The average molecular weight is 296 g/mol. The number of pyridine rings is 1. The molecule has 2 aromatic heterocycles. The predicted molar refractivity (Wildman–Crippen MR) is 73.9 cm³/mol. The molecule has 0 atom stereocenters. The van der Waals surface area contributed by atoms with Crippen LogP contribution in [0.5, 0.6) is 0 Å². The maximum Gasteiger partial charge on any atom is 0.271 e. The first-order valence-electron chi connectivity index (χ1n) is 6.02. The Morgan fingerprint density at radius 2 is 2.20 bits per heavy atom. The number of hydrogen-bond acceptors (Lipinski definition) is 6. The molecule has 0 saturated heterocycles. The van der Waals surface area contributed by atoms with Gasteiger partial charge in [-0.25, -0.2) is 4.98 Å². The van der Waals surface area contributed by atoms with Crippen molar-refractivity contribution in [2.24, 2.45) is 0 Å². The van der Waals surface area contributed by atoms with E-state index >= 15 is 0 Å². The van der Waals surface area contributed by atoms with Crippen LogP contribution in [-0.2, 0) is 6.42 Å². The van der Waals surface area contributed by atoms with Gasteiger partial charge < -0.3 is 15.2 Å². The minimum atomic E-state index is -0.340. The van der Waals surface area contributed by atoms with Gasteiger partial charge in [0, 0.05) is 26.9 Å². The van der Waals surface area contributed by atoms with E-state index in [9.17, 15) is 4.79 Å². The van der Waals surface area contributed by atoms with Crippen LogP contribution in [-0.4, -0.2) is 34.6 Å². The molecule has 2 N–H and O–H groups in total. The van der Waals surface area contributed by atoms with Crippen molar-refractivity contribution >= 4 is 23.3 Å². The van der Waals surface area contributed by atoms with E-state index in [0.29, 0.717) is 35.5 Å². The molecule has 7 nitrogen and oxygen atoms in total. The molecule has 1 amide bonds. The molecule has 0 spiro atoms. The van der Waals surface area contributed by atoms with E-state index in [1.807, 2.05) is 0 Å². The highest BCUT2D eigenvalue weighted by Crippen LogP contribution is 2.16. The van der Waals surface area contributed by atoms with Gasteiger partial charge in [0.2, 0.25) is 5.89 Å². The number of carbonyl (C=O) groups excluding carboxylic acids is 1. The summed E-state index contributed by atoms with van der Waals surface area (Å²) in [6.45, 7) is 2.08. The molecule has 0 bridgehead atoms. The van der Waals surface area contributed by atoms with Gasteiger partial charge in [0.25, 0.3) is 5.91 Å². The summed E-state index contributed by atoms with van der Waals surface area (Å²) in [5.74, 6) is 1.28. The summed E-state index contributed by atoms with van der Waals surface area (Å²) in [7, 11) is 1.72. The number of anilines is 1. The van der Waals surface area contributed by atoms with E-state index in [4.69, 9.17) is 16.1 Å². The number of halogens is 1. The molecule has 0 aliphatic carbocycles. The first kappa shape index (κ1) is 14.3. The quantitative estimate of drug-likeness (QED) is 0.867. The van der Waals surface area contributed by atoms with Gasteiger partial charge in [-0.1, -0.05) is 16.8 Å².